The highest BCUT2D eigenvalue weighted by molar-refractivity contribution is 6.30. The minimum absolute atomic E-state index is 0.0796. The van der Waals surface area contributed by atoms with E-state index in [4.69, 9.17) is 16.3 Å². The number of carbonyl (C=O) groups is 1. The van der Waals surface area contributed by atoms with Gasteiger partial charge in [-0.05, 0) is 42.7 Å². The van der Waals surface area contributed by atoms with Gasteiger partial charge in [-0.2, -0.15) is 0 Å². The first-order valence-corrected chi connectivity index (χ1v) is 9.49. The number of aromatic nitrogens is 2. The summed E-state index contributed by atoms with van der Waals surface area (Å²) in [6.45, 7) is 1.94. The molecule has 0 aliphatic carbocycles. The number of nitrogens with zero attached hydrogens (tertiary/aromatic N) is 2. The molecule has 1 aromatic heterocycles. The van der Waals surface area contributed by atoms with E-state index in [1.165, 1.54) is 5.56 Å². The van der Waals surface area contributed by atoms with Crippen molar-refractivity contribution >= 4 is 28.5 Å². The molecule has 5 nitrogen and oxygen atoms in total. The van der Waals surface area contributed by atoms with Gasteiger partial charge in [-0.1, -0.05) is 29.8 Å². The van der Waals surface area contributed by atoms with Gasteiger partial charge in [0, 0.05) is 37.2 Å². The highest BCUT2D eigenvalue weighted by Gasteiger charge is 2.35. The van der Waals surface area contributed by atoms with Gasteiger partial charge >= 0.3 is 0 Å². The van der Waals surface area contributed by atoms with E-state index in [1.807, 2.05) is 41.9 Å². The van der Waals surface area contributed by atoms with Crippen molar-refractivity contribution < 1.29 is 9.53 Å². The number of carbonyl (C=O) groups excluding carboxylic acids is 1. The molecular formula is C21H22ClN3O2. The molecule has 1 aliphatic rings. The Kier molecular flexibility index (Phi) is 4.89. The largest absolute Gasteiger partial charge is 0.381 e. The smallest absolute Gasteiger partial charge is 0.253 e. The van der Waals surface area contributed by atoms with E-state index in [0.717, 1.165) is 23.9 Å². The van der Waals surface area contributed by atoms with Crippen molar-refractivity contribution in [2.75, 3.05) is 19.8 Å². The predicted octanol–water partition coefficient (Wildman–Crippen LogP) is 3.70. The summed E-state index contributed by atoms with van der Waals surface area (Å²) < 4.78 is 7.46. The van der Waals surface area contributed by atoms with Gasteiger partial charge in [-0.25, -0.2) is 4.98 Å². The second-order valence-electron chi connectivity index (χ2n) is 7.11. The predicted molar refractivity (Wildman–Crippen MR) is 106 cm³/mol. The lowest BCUT2D eigenvalue weighted by Gasteiger charge is -2.38. The van der Waals surface area contributed by atoms with Gasteiger partial charge in [0.15, 0.2) is 0 Å². The molecule has 0 atom stereocenters. The minimum atomic E-state index is -0.140. The molecule has 0 unspecified atom stereocenters. The summed E-state index contributed by atoms with van der Waals surface area (Å²) in [5.74, 6) is -0.0796. The summed E-state index contributed by atoms with van der Waals surface area (Å²) in [5.41, 5.74) is 3.37. The zero-order chi connectivity index (χ0) is 18.9. The average molecular weight is 384 g/mol. The SMILES string of the molecule is Cn1cnc2cccc(C(=O)NCC3(c4ccc(Cl)cc4)CCOCC3)c21. The minimum Gasteiger partial charge on any atom is -0.381 e. The number of imidazole rings is 1. The van der Waals surface area contributed by atoms with Crippen molar-refractivity contribution in [3.63, 3.8) is 0 Å². The van der Waals surface area contributed by atoms with E-state index in [2.05, 4.69) is 22.4 Å². The topological polar surface area (TPSA) is 56.2 Å². The zero-order valence-corrected chi connectivity index (χ0v) is 16.0. The summed E-state index contributed by atoms with van der Waals surface area (Å²) in [6, 6.07) is 13.6. The second kappa shape index (κ2) is 7.33. The molecular weight excluding hydrogens is 362 g/mol. The van der Waals surface area contributed by atoms with Crippen LogP contribution in [0.25, 0.3) is 11.0 Å². The van der Waals surface area contributed by atoms with E-state index in [0.29, 0.717) is 30.3 Å². The summed E-state index contributed by atoms with van der Waals surface area (Å²) >= 11 is 6.06. The molecule has 1 N–H and O–H groups in total. The van der Waals surface area contributed by atoms with Gasteiger partial charge < -0.3 is 14.6 Å². The Labute approximate surface area is 163 Å². The van der Waals surface area contributed by atoms with E-state index >= 15 is 0 Å². The number of benzene rings is 2. The van der Waals surface area contributed by atoms with Crippen LogP contribution in [0.5, 0.6) is 0 Å². The Balaban J connectivity index is 1.60. The summed E-state index contributed by atoms with van der Waals surface area (Å²) in [7, 11) is 1.90. The van der Waals surface area contributed by atoms with Crippen LogP contribution in [-0.2, 0) is 17.2 Å². The second-order valence-corrected chi connectivity index (χ2v) is 7.55. The number of nitrogens with one attached hydrogen (secondary N) is 1. The molecule has 0 spiro atoms. The Morgan fingerprint density at radius 1 is 1.22 bits per heavy atom. The maximum atomic E-state index is 13.0. The van der Waals surface area contributed by atoms with Crippen LogP contribution >= 0.6 is 11.6 Å². The maximum Gasteiger partial charge on any atom is 0.253 e. The van der Waals surface area contributed by atoms with E-state index in [-0.39, 0.29) is 11.3 Å². The van der Waals surface area contributed by atoms with Crippen molar-refractivity contribution in [1.29, 1.82) is 0 Å². The number of fused-ring (bicyclic) bond motifs is 1. The molecule has 1 amide bonds. The van der Waals surface area contributed by atoms with Crippen LogP contribution in [0.2, 0.25) is 5.02 Å². The van der Waals surface area contributed by atoms with Crippen LogP contribution in [0.1, 0.15) is 28.8 Å². The fraction of sp³-hybridized carbons (Fsp3) is 0.333. The Hall–Kier alpha value is -2.37. The molecule has 3 aromatic rings. The standard InChI is InChI=1S/C21H22ClN3O2/c1-25-14-24-18-4-2-3-17(19(18)25)20(26)23-13-21(9-11-27-12-10-21)15-5-7-16(22)8-6-15/h2-8,14H,9-13H2,1H3,(H,23,26). The van der Waals surface area contributed by atoms with Crippen molar-refractivity contribution in [3.05, 3.63) is 64.9 Å². The van der Waals surface area contributed by atoms with E-state index in [1.54, 1.807) is 6.33 Å². The van der Waals surface area contributed by atoms with Gasteiger partial charge in [0.2, 0.25) is 0 Å². The molecule has 2 heterocycles. The lowest BCUT2D eigenvalue weighted by Crippen LogP contribution is -2.44. The Morgan fingerprint density at radius 3 is 2.70 bits per heavy atom. The molecule has 6 heteroatoms. The quantitative estimate of drug-likeness (QED) is 0.747. The number of hydrogen-bond donors (Lipinski definition) is 1. The molecule has 1 saturated heterocycles. The molecule has 2 aromatic carbocycles. The molecule has 0 saturated carbocycles. The van der Waals surface area contributed by atoms with Gasteiger partial charge in [0.1, 0.15) is 0 Å². The molecule has 0 bridgehead atoms. The Morgan fingerprint density at radius 2 is 1.96 bits per heavy atom. The maximum absolute atomic E-state index is 13.0. The number of aryl methyl sites for hydroxylation is 1. The third-order valence-electron chi connectivity index (χ3n) is 5.48. The first kappa shape index (κ1) is 18.0. The summed E-state index contributed by atoms with van der Waals surface area (Å²) in [4.78, 5) is 17.3. The highest BCUT2D eigenvalue weighted by Crippen LogP contribution is 2.35. The molecule has 140 valence electrons. The van der Waals surface area contributed by atoms with Gasteiger partial charge in [0.25, 0.3) is 5.91 Å². The number of amides is 1. The number of halogens is 1. The molecule has 1 aliphatic heterocycles. The van der Waals surface area contributed by atoms with Crippen molar-refractivity contribution in [1.82, 2.24) is 14.9 Å². The summed E-state index contributed by atoms with van der Waals surface area (Å²) in [6.07, 6.45) is 3.46. The third-order valence-corrected chi connectivity index (χ3v) is 5.73. The first-order valence-electron chi connectivity index (χ1n) is 9.11. The third kappa shape index (κ3) is 3.45. The highest BCUT2D eigenvalue weighted by atomic mass is 35.5. The number of hydrogen-bond acceptors (Lipinski definition) is 3. The fourth-order valence-corrected chi connectivity index (χ4v) is 4.00. The number of rotatable bonds is 4. The van der Waals surface area contributed by atoms with Crippen LogP contribution in [0.15, 0.2) is 48.8 Å². The number of para-hydroxylation sites is 1. The van der Waals surface area contributed by atoms with Gasteiger partial charge in [-0.15, -0.1) is 0 Å². The van der Waals surface area contributed by atoms with E-state index < -0.39 is 0 Å². The van der Waals surface area contributed by atoms with Crippen molar-refractivity contribution in [3.8, 4) is 0 Å². The lowest BCUT2D eigenvalue weighted by atomic mass is 9.74. The molecule has 1 fully saturated rings. The van der Waals surface area contributed by atoms with Crippen LogP contribution in [0, 0.1) is 0 Å². The summed E-state index contributed by atoms with van der Waals surface area (Å²) in [5, 5.41) is 3.88. The average Bonchev–Trinajstić information content (AvgIpc) is 3.08. The van der Waals surface area contributed by atoms with Gasteiger partial charge in [0.05, 0.1) is 22.9 Å². The monoisotopic (exact) mass is 383 g/mol. The van der Waals surface area contributed by atoms with E-state index in [9.17, 15) is 4.79 Å². The molecule has 27 heavy (non-hydrogen) atoms. The van der Waals surface area contributed by atoms with Crippen LogP contribution in [0.3, 0.4) is 0 Å². The normalized spacial score (nSPS) is 16.4. The van der Waals surface area contributed by atoms with Crippen LogP contribution in [-0.4, -0.2) is 35.2 Å². The molecule has 4 rings (SSSR count). The Bertz CT molecular complexity index is 959. The zero-order valence-electron chi connectivity index (χ0n) is 15.2. The lowest BCUT2D eigenvalue weighted by molar-refractivity contribution is 0.0487. The van der Waals surface area contributed by atoms with Crippen molar-refractivity contribution in [2.45, 2.75) is 18.3 Å². The van der Waals surface area contributed by atoms with Crippen molar-refractivity contribution in [2.24, 2.45) is 7.05 Å². The first-order chi connectivity index (χ1) is 13.1. The van der Waals surface area contributed by atoms with Gasteiger partial charge in [-0.3, -0.25) is 4.79 Å². The van der Waals surface area contributed by atoms with Crippen LogP contribution < -0.4 is 5.32 Å². The fourth-order valence-electron chi connectivity index (χ4n) is 3.87. The number of ether oxygens (including phenoxy) is 1. The van der Waals surface area contributed by atoms with Crippen LogP contribution in [0.4, 0.5) is 0 Å². The molecule has 0 radical (unpaired) electrons.